The third kappa shape index (κ3) is 3.60. The Morgan fingerprint density at radius 3 is 2.52 bits per heavy atom. The molecule has 2 rings (SSSR count). The van der Waals surface area contributed by atoms with E-state index >= 15 is 0 Å². The first-order valence-corrected chi connectivity index (χ1v) is 7.45. The fourth-order valence-corrected chi connectivity index (χ4v) is 2.76. The van der Waals surface area contributed by atoms with E-state index in [2.05, 4.69) is 5.32 Å². The number of aliphatic hydroxyl groups is 1. The number of hydrogen-bond acceptors (Lipinski definition) is 3. The van der Waals surface area contributed by atoms with E-state index in [1.165, 1.54) is 0 Å². The van der Waals surface area contributed by atoms with Gasteiger partial charge in [0.15, 0.2) is 0 Å². The predicted octanol–water partition coefficient (Wildman–Crippen LogP) is 2.26. The molecule has 0 atom stereocenters. The minimum Gasteiger partial charge on any atom is -0.394 e. The van der Waals surface area contributed by atoms with Crippen LogP contribution in [0.5, 0.6) is 0 Å². The number of nitrogens with zero attached hydrogens (tertiary/aromatic N) is 2. The molecule has 1 aromatic rings. The highest BCUT2D eigenvalue weighted by Gasteiger charge is 2.36. The van der Waals surface area contributed by atoms with Crippen LogP contribution in [0.15, 0.2) is 24.3 Å². The summed E-state index contributed by atoms with van der Waals surface area (Å²) in [6.07, 6.45) is 1.38. The lowest BCUT2D eigenvalue weighted by atomic mass is 9.88. The summed E-state index contributed by atoms with van der Waals surface area (Å²) in [5.74, 6) is 0. The molecule has 116 valence electrons. The van der Waals surface area contributed by atoms with Gasteiger partial charge in [-0.05, 0) is 25.0 Å². The Kier molecular flexibility index (Phi) is 4.96. The summed E-state index contributed by atoms with van der Waals surface area (Å²) in [6, 6.07) is 7.51. The maximum absolute atomic E-state index is 12.0. The van der Waals surface area contributed by atoms with E-state index < -0.39 is 5.54 Å². The lowest BCUT2D eigenvalue weighted by Crippen LogP contribution is -2.54. The van der Waals surface area contributed by atoms with Gasteiger partial charge in [-0.3, -0.25) is 0 Å². The number of carbonyl (C=O) groups is 1. The van der Waals surface area contributed by atoms with Crippen molar-refractivity contribution in [1.82, 2.24) is 9.80 Å². The fraction of sp³-hybridized carbons (Fsp3) is 0.533. The third-order valence-electron chi connectivity index (χ3n) is 3.95. The lowest BCUT2D eigenvalue weighted by molar-refractivity contribution is 0.115. The molecule has 0 aliphatic carbocycles. The molecule has 2 amide bonds. The van der Waals surface area contributed by atoms with Crippen molar-refractivity contribution in [3.05, 3.63) is 29.3 Å². The molecule has 0 spiro atoms. The Bertz CT molecular complexity index is 499. The number of anilines is 1. The van der Waals surface area contributed by atoms with Crippen molar-refractivity contribution >= 4 is 23.3 Å². The molecule has 1 aromatic carbocycles. The van der Waals surface area contributed by atoms with E-state index in [1.54, 1.807) is 19.0 Å². The Hall–Kier alpha value is -1.46. The molecule has 2 N–H and O–H groups in total. The topological polar surface area (TPSA) is 55.8 Å². The van der Waals surface area contributed by atoms with Gasteiger partial charge in [-0.15, -0.1) is 0 Å². The largest absolute Gasteiger partial charge is 0.394 e. The van der Waals surface area contributed by atoms with Gasteiger partial charge in [0.1, 0.15) is 0 Å². The number of benzene rings is 1. The average molecular weight is 312 g/mol. The van der Waals surface area contributed by atoms with Gasteiger partial charge in [-0.1, -0.05) is 23.7 Å². The van der Waals surface area contributed by atoms with Crippen LogP contribution in [0.3, 0.4) is 0 Å². The van der Waals surface area contributed by atoms with Crippen LogP contribution in [-0.2, 0) is 0 Å². The lowest BCUT2D eigenvalue weighted by Gasteiger charge is -2.42. The summed E-state index contributed by atoms with van der Waals surface area (Å²) < 4.78 is 0. The number of carbonyl (C=O) groups excluding carboxylic acids is 1. The summed E-state index contributed by atoms with van der Waals surface area (Å²) >= 11 is 6.17. The van der Waals surface area contributed by atoms with Crippen molar-refractivity contribution in [2.45, 2.75) is 18.4 Å². The van der Waals surface area contributed by atoms with Crippen LogP contribution >= 0.6 is 11.6 Å². The molecule has 1 fully saturated rings. The number of rotatable bonds is 3. The van der Waals surface area contributed by atoms with Gasteiger partial charge in [0, 0.05) is 27.2 Å². The molecule has 21 heavy (non-hydrogen) atoms. The van der Waals surface area contributed by atoms with Crippen LogP contribution in [0.25, 0.3) is 0 Å². The number of para-hydroxylation sites is 1. The smallest absolute Gasteiger partial charge is 0.319 e. The van der Waals surface area contributed by atoms with Gasteiger partial charge in [0.05, 0.1) is 22.9 Å². The van der Waals surface area contributed by atoms with Crippen LogP contribution in [-0.4, -0.2) is 60.3 Å². The minimum atomic E-state index is -0.423. The summed E-state index contributed by atoms with van der Waals surface area (Å²) in [5, 5.41) is 13.8. The zero-order chi connectivity index (χ0) is 15.5. The van der Waals surface area contributed by atoms with Crippen LogP contribution in [0, 0.1) is 0 Å². The highest BCUT2D eigenvalue weighted by atomic mass is 35.5. The zero-order valence-electron chi connectivity index (χ0n) is 12.5. The van der Waals surface area contributed by atoms with Crippen molar-refractivity contribution < 1.29 is 9.90 Å². The van der Waals surface area contributed by atoms with Crippen molar-refractivity contribution in [2.75, 3.05) is 39.1 Å². The second kappa shape index (κ2) is 6.54. The first-order valence-electron chi connectivity index (χ1n) is 7.07. The van der Waals surface area contributed by atoms with Gasteiger partial charge >= 0.3 is 6.03 Å². The second-order valence-electron chi connectivity index (χ2n) is 5.71. The SMILES string of the molecule is CN(C)C(=O)N1CCC(CO)(Nc2ccccc2Cl)CC1. The van der Waals surface area contributed by atoms with Crippen molar-refractivity contribution in [1.29, 1.82) is 0 Å². The van der Waals surface area contributed by atoms with Crippen molar-refractivity contribution in [3.8, 4) is 0 Å². The average Bonchev–Trinajstić information content (AvgIpc) is 2.49. The first kappa shape index (κ1) is 15.9. The van der Waals surface area contributed by atoms with E-state index in [4.69, 9.17) is 11.6 Å². The summed E-state index contributed by atoms with van der Waals surface area (Å²) in [5.41, 5.74) is 0.397. The van der Waals surface area contributed by atoms with E-state index in [1.807, 2.05) is 29.2 Å². The number of likely N-dealkylation sites (tertiary alicyclic amines) is 1. The van der Waals surface area contributed by atoms with Gasteiger partial charge in [0.25, 0.3) is 0 Å². The monoisotopic (exact) mass is 311 g/mol. The first-order chi connectivity index (χ1) is 9.97. The summed E-state index contributed by atoms with van der Waals surface area (Å²) in [6.45, 7) is 1.26. The van der Waals surface area contributed by atoms with Gasteiger partial charge < -0.3 is 20.2 Å². The number of halogens is 1. The van der Waals surface area contributed by atoms with Crippen molar-refractivity contribution in [2.24, 2.45) is 0 Å². The zero-order valence-corrected chi connectivity index (χ0v) is 13.2. The Labute approximate surface area is 130 Å². The molecule has 0 bridgehead atoms. The predicted molar refractivity (Wildman–Crippen MR) is 84.8 cm³/mol. The molecule has 1 heterocycles. The molecule has 0 unspecified atom stereocenters. The molecule has 6 heteroatoms. The van der Waals surface area contributed by atoms with Crippen LogP contribution in [0.4, 0.5) is 10.5 Å². The van der Waals surface area contributed by atoms with Crippen LogP contribution in [0.1, 0.15) is 12.8 Å². The molecule has 0 aromatic heterocycles. The van der Waals surface area contributed by atoms with Gasteiger partial charge in [-0.25, -0.2) is 4.79 Å². The molecule has 1 aliphatic heterocycles. The maximum Gasteiger partial charge on any atom is 0.319 e. The Balaban J connectivity index is 2.05. The van der Waals surface area contributed by atoms with E-state index in [-0.39, 0.29) is 12.6 Å². The van der Waals surface area contributed by atoms with E-state index in [9.17, 15) is 9.90 Å². The molecule has 5 nitrogen and oxygen atoms in total. The molecule has 1 aliphatic rings. The number of nitrogens with one attached hydrogen (secondary N) is 1. The third-order valence-corrected chi connectivity index (χ3v) is 4.28. The van der Waals surface area contributed by atoms with E-state index in [0.29, 0.717) is 31.0 Å². The number of hydrogen-bond donors (Lipinski definition) is 2. The maximum atomic E-state index is 12.0. The second-order valence-corrected chi connectivity index (χ2v) is 6.11. The van der Waals surface area contributed by atoms with Crippen molar-refractivity contribution in [3.63, 3.8) is 0 Å². The molecule has 1 saturated heterocycles. The van der Waals surface area contributed by atoms with Crippen LogP contribution in [0.2, 0.25) is 5.02 Å². The Morgan fingerprint density at radius 1 is 1.38 bits per heavy atom. The Morgan fingerprint density at radius 2 is 2.00 bits per heavy atom. The number of urea groups is 1. The normalized spacial score (nSPS) is 17.4. The molecular weight excluding hydrogens is 290 g/mol. The molecule has 0 saturated carbocycles. The fourth-order valence-electron chi connectivity index (χ4n) is 2.58. The summed E-state index contributed by atoms with van der Waals surface area (Å²) in [7, 11) is 3.50. The molecular formula is C15H22ClN3O2. The highest BCUT2D eigenvalue weighted by molar-refractivity contribution is 6.33. The summed E-state index contributed by atoms with van der Waals surface area (Å²) in [4.78, 5) is 15.3. The quantitative estimate of drug-likeness (QED) is 0.900. The number of aliphatic hydroxyl groups excluding tert-OH is 1. The standard InChI is InChI=1S/C15H22ClN3O2/c1-18(2)14(21)19-9-7-15(11-20,8-10-19)17-13-6-4-3-5-12(13)16/h3-6,17,20H,7-11H2,1-2H3. The van der Waals surface area contributed by atoms with Gasteiger partial charge in [-0.2, -0.15) is 0 Å². The van der Waals surface area contributed by atoms with Crippen LogP contribution < -0.4 is 5.32 Å². The minimum absolute atomic E-state index is 0.0132. The van der Waals surface area contributed by atoms with E-state index in [0.717, 1.165) is 5.69 Å². The number of amides is 2. The number of piperidine rings is 1. The van der Waals surface area contributed by atoms with Gasteiger partial charge in [0.2, 0.25) is 0 Å². The molecule has 0 radical (unpaired) electrons. The highest BCUT2D eigenvalue weighted by Crippen LogP contribution is 2.30.